The van der Waals surface area contributed by atoms with E-state index in [1.54, 1.807) is 0 Å². The lowest BCUT2D eigenvalue weighted by Crippen LogP contribution is -2.46. The lowest BCUT2D eigenvalue weighted by molar-refractivity contribution is 0.247. The van der Waals surface area contributed by atoms with Gasteiger partial charge in [0.1, 0.15) is 5.01 Å². The fourth-order valence-corrected chi connectivity index (χ4v) is 5.15. The Morgan fingerprint density at radius 3 is 2.50 bits per heavy atom. The lowest BCUT2D eigenvalue weighted by atomic mass is 9.86. The molecule has 2 aliphatic rings. The van der Waals surface area contributed by atoms with Crippen molar-refractivity contribution in [3.8, 4) is 0 Å². The van der Waals surface area contributed by atoms with Crippen LogP contribution in [0.3, 0.4) is 0 Å². The molecule has 3 rings (SSSR count). The van der Waals surface area contributed by atoms with Crippen LogP contribution in [0, 0.1) is 11.3 Å². The molecule has 0 aliphatic heterocycles. The molecule has 2 nitrogen and oxygen atoms in total. The molecule has 0 radical (unpaired) electrons. The van der Waals surface area contributed by atoms with Crippen LogP contribution in [0.4, 0.5) is 0 Å². The van der Waals surface area contributed by atoms with E-state index in [1.165, 1.54) is 36.4 Å². The molecule has 2 fully saturated rings. The SMILES string of the molecule is CC(C)c1csc(C2(NC3CC3)CC(C)(C)CC2C)n1. The molecule has 0 spiro atoms. The quantitative estimate of drug-likeness (QED) is 0.872. The van der Waals surface area contributed by atoms with Crippen LogP contribution < -0.4 is 5.32 Å². The lowest BCUT2D eigenvalue weighted by Gasteiger charge is -2.34. The van der Waals surface area contributed by atoms with Gasteiger partial charge in [-0.3, -0.25) is 0 Å². The maximum atomic E-state index is 5.02. The summed E-state index contributed by atoms with van der Waals surface area (Å²) >= 11 is 1.87. The van der Waals surface area contributed by atoms with Gasteiger partial charge in [0.2, 0.25) is 0 Å². The van der Waals surface area contributed by atoms with Crippen LogP contribution in [0.15, 0.2) is 5.38 Å². The van der Waals surface area contributed by atoms with Crippen molar-refractivity contribution in [2.24, 2.45) is 11.3 Å². The Morgan fingerprint density at radius 1 is 1.35 bits per heavy atom. The number of nitrogens with one attached hydrogen (secondary N) is 1. The summed E-state index contributed by atoms with van der Waals surface area (Å²) in [6.45, 7) is 11.7. The average Bonchev–Trinajstić information content (AvgIpc) is 2.91. The van der Waals surface area contributed by atoms with E-state index >= 15 is 0 Å². The zero-order valence-corrected chi connectivity index (χ0v) is 14.3. The van der Waals surface area contributed by atoms with Gasteiger partial charge in [0.05, 0.1) is 11.2 Å². The van der Waals surface area contributed by atoms with Gasteiger partial charge >= 0.3 is 0 Å². The van der Waals surface area contributed by atoms with Gasteiger partial charge < -0.3 is 5.32 Å². The molecule has 2 atom stereocenters. The standard InChI is InChI=1S/C17H28N2S/c1-11(2)14-9-20-15(18-14)17(19-13-6-7-13)10-16(4,5)8-12(17)3/h9,11-13,19H,6-8,10H2,1-5H3. The van der Waals surface area contributed by atoms with Gasteiger partial charge in [-0.15, -0.1) is 11.3 Å². The Bertz CT molecular complexity index is 487. The molecule has 0 bridgehead atoms. The van der Waals surface area contributed by atoms with Crippen LogP contribution in [0.2, 0.25) is 0 Å². The Morgan fingerprint density at radius 2 is 2.05 bits per heavy atom. The third-order valence-electron chi connectivity index (χ3n) is 4.99. The van der Waals surface area contributed by atoms with Gasteiger partial charge in [0.25, 0.3) is 0 Å². The molecule has 1 aromatic heterocycles. The normalized spacial score (nSPS) is 33.0. The van der Waals surface area contributed by atoms with E-state index in [0.29, 0.717) is 17.3 Å². The van der Waals surface area contributed by atoms with Gasteiger partial charge in [-0.05, 0) is 42.9 Å². The highest BCUT2D eigenvalue weighted by Crippen LogP contribution is 2.54. The summed E-state index contributed by atoms with van der Waals surface area (Å²) < 4.78 is 0. The molecular formula is C17H28N2S. The number of rotatable bonds is 4. The van der Waals surface area contributed by atoms with Gasteiger partial charge in [0, 0.05) is 11.4 Å². The summed E-state index contributed by atoms with van der Waals surface area (Å²) in [5, 5.41) is 7.60. The maximum absolute atomic E-state index is 5.02. The molecule has 20 heavy (non-hydrogen) atoms. The smallest absolute Gasteiger partial charge is 0.113 e. The van der Waals surface area contributed by atoms with E-state index < -0.39 is 0 Å². The number of hydrogen-bond donors (Lipinski definition) is 1. The van der Waals surface area contributed by atoms with Crippen molar-refractivity contribution in [2.75, 3.05) is 0 Å². The van der Waals surface area contributed by atoms with Crippen LogP contribution >= 0.6 is 11.3 Å². The second kappa shape index (κ2) is 4.81. The maximum Gasteiger partial charge on any atom is 0.113 e. The molecule has 2 aliphatic carbocycles. The monoisotopic (exact) mass is 292 g/mol. The van der Waals surface area contributed by atoms with E-state index in [-0.39, 0.29) is 5.54 Å². The van der Waals surface area contributed by atoms with Gasteiger partial charge in [-0.2, -0.15) is 0 Å². The second-order valence-electron chi connectivity index (χ2n) is 8.07. The summed E-state index contributed by atoms with van der Waals surface area (Å²) in [7, 11) is 0. The fourth-order valence-electron chi connectivity index (χ4n) is 3.89. The first-order valence-electron chi connectivity index (χ1n) is 8.06. The highest BCUT2D eigenvalue weighted by Gasteiger charge is 2.53. The summed E-state index contributed by atoms with van der Waals surface area (Å²) in [6, 6.07) is 0.734. The van der Waals surface area contributed by atoms with E-state index in [1.807, 2.05) is 11.3 Å². The molecule has 0 aromatic carbocycles. The highest BCUT2D eigenvalue weighted by molar-refractivity contribution is 7.09. The average molecular weight is 292 g/mol. The molecule has 112 valence electrons. The number of nitrogens with zero attached hydrogens (tertiary/aromatic N) is 1. The Kier molecular flexibility index (Phi) is 3.49. The first-order chi connectivity index (χ1) is 9.32. The van der Waals surface area contributed by atoms with Crippen LogP contribution in [0.5, 0.6) is 0 Å². The van der Waals surface area contributed by atoms with Crippen molar-refractivity contribution >= 4 is 11.3 Å². The molecule has 1 N–H and O–H groups in total. The Balaban J connectivity index is 1.96. The minimum absolute atomic E-state index is 0.127. The second-order valence-corrected chi connectivity index (χ2v) is 8.93. The predicted octanol–water partition coefficient (Wildman–Crippen LogP) is 4.67. The largest absolute Gasteiger partial charge is 0.302 e. The van der Waals surface area contributed by atoms with Crippen molar-refractivity contribution < 1.29 is 0 Å². The zero-order chi connectivity index (χ0) is 14.5. The predicted molar refractivity (Wildman–Crippen MR) is 86.2 cm³/mol. The molecule has 0 amide bonds. The van der Waals surface area contributed by atoms with E-state index in [2.05, 4.69) is 45.3 Å². The molecular weight excluding hydrogens is 264 g/mol. The number of aromatic nitrogens is 1. The summed E-state index contributed by atoms with van der Waals surface area (Å²) in [6.07, 6.45) is 5.21. The van der Waals surface area contributed by atoms with Crippen molar-refractivity contribution in [1.29, 1.82) is 0 Å². The third-order valence-corrected chi connectivity index (χ3v) is 6.03. The summed E-state index contributed by atoms with van der Waals surface area (Å²) in [4.78, 5) is 5.02. The third kappa shape index (κ3) is 2.55. The van der Waals surface area contributed by atoms with E-state index in [4.69, 9.17) is 4.98 Å². The van der Waals surface area contributed by atoms with Crippen LogP contribution in [0.25, 0.3) is 0 Å². The zero-order valence-electron chi connectivity index (χ0n) is 13.5. The van der Waals surface area contributed by atoms with E-state index in [0.717, 1.165) is 6.04 Å². The Hall–Kier alpha value is -0.410. The van der Waals surface area contributed by atoms with Gasteiger partial charge in [-0.1, -0.05) is 34.6 Å². The first-order valence-corrected chi connectivity index (χ1v) is 8.94. The molecule has 2 saturated carbocycles. The topological polar surface area (TPSA) is 24.9 Å². The van der Waals surface area contributed by atoms with Crippen molar-refractivity contribution in [1.82, 2.24) is 10.3 Å². The molecule has 3 heteroatoms. The van der Waals surface area contributed by atoms with Crippen LogP contribution in [-0.4, -0.2) is 11.0 Å². The number of hydrogen-bond acceptors (Lipinski definition) is 3. The molecule has 0 saturated heterocycles. The Labute approximate surface area is 127 Å². The molecule has 2 unspecified atom stereocenters. The van der Waals surface area contributed by atoms with Crippen molar-refractivity contribution in [3.63, 3.8) is 0 Å². The van der Waals surface area contributed by atoms with Crippen LogP contribution in [-0.2, 0) is 5.54 Å². The highest BCUT2D eigenvalue weighted by atomic mass is 32.1. The van der Waals surface area contributed by atoms with Gasteiger partial charge in [-0.25, -0.2) is 4.98 Å². The van der Waals surface area contributed by atoms with E-state index in [9.17, 15) is 0 Å². The van der Waals surface area contributed by atoms with Crippen molar-refractivity contribution in [2.45, 2.75) is 77.8 Å². The molecule has 1 heterocycles. The van der Waals surface area contributed by atoms with Crippen LogP contribution in [0.1, 0.15) is 76.9 Å². The molecule has 1 aromatic rings. The minimum Gasteiger partial charge on any atom is -0.302 e. The number of thiazole rings is 1. The fraction of sp³-hybridized carbons (Fsp3) is 0.824. The van der Waals surface area contributed by atoms with Crippen molar-refractivity contribution in [3.05, 3.63) is 16.1 Å². The minimum atomic E-state index is 0.127. The van der Waals surface area contributed by atoms with Gasteiger partial charge in [0.15, 0.2) is 0 Å². The summed E-state index contributed by atoms with van der Waals surface area (Å²) in [5.41, 5.74) is 1.81. The summed E-state index contributed by atoms with van der Waals surface area (Å²) in [5.74, 6) is 1.20. The first kappa shape index (κ1) is 14.5.